The number of H-pyrrole nitrogens is 2. The van der Waals surface area contributed by atoms with Gasteiger partial charge in [0.1, 0.15) is 0 Å². The second-order valence-corrected chi connectivity index (χ2v) is 3.78. The minimum absolute atomic E-state index is 0.179. The third-order valence-corrected chi connectivity index (χ3v) is 2.21. The number of fused-ring (bicyclic) bond motifs is 1. The average Bonchev–Trinajstić information content (AvgIpc) is 2.69. The van der Waals surface area contributed by atoms with Gasteiger partial charge >= 0.3 is 5.69 Å². The Morgan fingerprint density at radius 1 is 1.24 bits per heavy atom. The van der Waals surface area contributed by atoms with Gasteiger partial charge in [-0.2, -0.15) is 0 Å². The first-order valence-corrected chi connectivity index (χ1v) is 5.98. The summed E-state index contributed by atoms with van der Waals surface area (Å²) in [6.45, 7) is 8.49. The number of benzene rings is 1. The molecule has 4 heteroatoms. The summed E-state index contributed by atoms with van der Waals surface area (Å²) in [4.78, 5) is 16.6. The van der Waals surface area contributed by atoms with E-state index in [9.17, 15) is 4.79 Å². The first kappa shape index (κ1) is 13.5. The fraction of sp³-hybridized carbons (Fsp3) is 0.462. The lowest BCUT2D eigenvalue weighted by Crippen LogP contribution is -2.03. The highest BCUT2D eigenvalue weighted by molar-refractivity contribution is 5.77. The molecule has 2 N–H and O–H groups in total. The van der Waals surface area contributed by atoms with Crippen LogP contribution in [-0.4, -0.2) is 16.1 Å². The molecule has 0 fully saturated rings. The van der Waals surface area contributed by atoms with Crippen molar-refractivity contribution in [3.8, 4) is 0 Å². The summed E-state index contributed by atoms with van der Waals surface area (Å²) in [5.41, 5.74) is 2.48. The summed E-state index contributed by atoms with van der Waals surface area (Å²) in [7, 11) is 0. The largest absolute Gasteiger partial charge is 0.374 e. The van der Waals surface area contributed by atoms with Crippen LogP contribution in [0, 0.1) is 0 Å². The van der Waals surface area contributed by atoms with Crippen molar-refractivity contribution < 1.29 is 4.74 Å². The molecule has 0 aliphatic rings. The fourth-order valence-corrected chi connectivity index (χ4v) is 1.50. The van der Waals surface area contributed by atoms with Gasteiger partial charge in [0.25, 0.3) is 0 Å². The van der Waals surface area contributed by atoms with E-state index in [-0.39, 0.29) is 11.8 Å². The quantitative estimate of drug-likeness (QED) is 0.861. The van der Waals surface area contributed by atoms with Gasteiger partial charge in [0, 0.05) is 5.56 Å². The highest BCUT2D eigenvalue weighted by Crippen LogP contribution is 2.14. The Hall–Kier alpha value is -1.55. The Morgan fingerprint density at radius 3 is 2.59 bits per heavy atom. The van der Waals surface area contributed by atoms with E-state index in [2.05, 4.69) is 9.97 Å². The predicted molar refractivity (Wildman–Crippen MR) is 70.2 cm³/mol. The maximum atomic E-state index is 11.1. The van der Waals surface area contributed by atoms with E-state index >= 15 is 0 Å². The summed E-state index contributed by atoms with van der Waals surface area (Å²) in [5.74, 6) is 0. The van der Waals surface area contributed by atoms with Gasteiger partial charge in [-0.15, -0.1) is 0 Å². The van der Waals surface area contributed by atoms with Crippen LogP contribution in [0.5, 0.6) is 0 Å². The molecule has 0 saturated carbocycles. The zero-order valence-electron chi connectivity index (χ0n) is 10.8. The van der Waals surface area contributed by atoms with Gasteiger partial charge in [-0.1, -0.05) is 26.0 Å². The van der Waals surface area contributed by atoms with Crippen LogP contribution in [0.25, 0.3) is 11.0 Å². The van der Waals surface area contributed by atoms with Crippen LogP contribution in [0.4, 0.5) is 0 Å². The van der Waals surface area contributed by atoms with Crippen molar-refractivity contribution in [1.29, 1.82) is 0 Å². The molecule has 0 unspecified atom stereocenters. The van der Waals surface area contributed by atoms with Gasteiger partial charge in [-0.05, 0) is 19.9 Å². The number of hydrogen-bond donors (Lipinski definition) is 2. The van der Waals surface area contributed by atoms with Gasteiger partial charge in [-0.3, -0.25) is 0 Å². The molecule has 0 saturated heterocycles. The molecule has 4 nitrogen and oxygen atoms in total. The van der Waals surface area contributed by atoms with Crippen LogP contribution in [0.15, 0.2) is 23.0 Å². The zero-order chi connectivity index (χ0) is 12.8. The number of hydrogen-bond acceptors (Lipinski definition) is 2. The Balaban J connectivity index is 0.000000686. The molecule has 0 radical (unpaired) electrons. The van der Waals surface area contributed by atoms with Crippen LogP contribution in [0.2, 0.25) is 0 Å². The van der Waals surface area contributed by atoms with Crippen LogP contribution in [-0.2, 0) is 11.3 Å². The van der Waals surface area contributed by atoms with E-state index in [1.54, 1.807) is 0 Å². The normalized spacial score (nSPS) is 10.4. The van der Waals surface area contributed by atoms with Crippen molar-refractivity contribution in [1.82, 2.24) is 9.97 Å². The summed E-state index contributed by atoms with van der Waals surface area (Å²) in [6.07, 6.45) is 0.186. The molecule has 94 valence electrons. The summed E-state index contributed by atoms with van der Waals surface area (Å²) in [6, 6.07) is 5.73. The van der Waals surface area contributed by atoms with E-state index in [0.29, 0.717) is 6.61 Å². The van der Waals surface area contributed by atoms with Gasteiger partial charge in [0.2, 0.25) is 0 Å². The van der Waals surface area contributed by atoms with Crippen molar-refractivity contribution >= 4 is 11.0 Å². The number of rotatable bonds is 3. The summed E-state index contributed by atoms with van der Waals surface area (Å²) in [5, 5.41) is 0. The SMILES string of the molecule is CC.CC(C)OCc1cccc2[nH]c(=O)[nH]c12. The maximum absolute atomic E-state index is 11.1. The third kappa shape index (κ3) is 3.46. The molecule has 1 heterocycles. The molecule has 1 aromatic carbocycles. The number of nitrogens with one attached hydrogen (secondary N) is 2. The molecule has 0 spiro atoms. The van der Waals surface area contributed by atoms with Crippen molar-refractivity contribution in [3.05, 3.63) is 34.2 Å². The molecule has 2 rings (SSSR count). The van der Waals surface area contributed by atoms with Crippen molar-refractivity contribution in [3.63, 3.8) is 0 Å². The van der Waals surface area contributed by atoms with Gasteiger partial charge in [0.15, 0.2) is 0 Å². The molecule has 0 atom stereocenters. The molecule has 1 aromatic heterocycles. The molecule has 0 bridgehead atoms. The van der Waals surface area contributed by atoms with Gasteiger partial charge in [0.05, 0.1) is 23.7 Å². The number of imidazole rings is 1. The van der Waals surface area contributed by atoms with Crippen LogP contribution in [0.3, 0.4) is 0 Å². The molecule has 2 aromatic rings. The Morgan fingerprint density at radius 2 is 1.94 bits per heavy atom. The fourth-order valence-electron chi connectivity index (χ4n) is 1.50. The number of ether oxygens (including phenoxy) is 1. The second kappa shape index (κ2) is 6.25. The molecule has 17 heavy (non-hydrogen) atoms. The summed E-state index contributed by atoms with van der Waals surface area (Å²) >= 11 is 0. The standard InChI is InChI=1S/C11H14N2O2.C2H6/c1-7(2)15-6-8-4-3-5-9-10(8)13-11(14)12-9;1-2/h3-5,7H,6H2,1-2H3,(H2,12,13,14);1-2H3. The Bertz CT molecular complexity index is 511. The van der Waals surface area contributed by atoms with E-state index in [4.69, 9.17) is 4.74 Å². The minimum atomic E-state index is -0.179. The third-order valence-electron chi connectivity index (χ3n) is 2.21. The maximum Gasteiger partial charge on any atom is 0.323 e. The predicted octanol–water partition coefficient (Wildman–Crippen LogP) is 2.81. The van der Waals surface area contributed by atoms with E-state index in [1.165, 1.54) is 0 Å². The van der Waals surface area contributed by atoms with Gasteiger partial charge < -0.3 is 14.7 Å². The second-order valence-electron chi connectivity index (χ2n) is 3.78. The topological polar surface area (TPSA) is 57.9 Å². The molecule has 0 aliphatic heterocycles. The van der Waals surface area contributed by atoms with Crippen molar-refractivity contribution in [2.45, 2.75) is 40.4 Å². The smallest absolute Gasteiger partial charge is 0.323 e. The highest BCUT2D eigenvalue weighted by atomic mass is 16.5. The van der Waals surface area contributed by atoms with Crippen molar-refractivity contribution in [2.75, 3.05) is 0 Å². The number of aromatic nitrogens is 2. The first-order chi connectivity index (χ1) is 8.16. The van der Waals surface area contributed by atoms with E-state index in [1.807, 2.05) is 45.9 Å². The Kier molecular flexibility index (Phi) is 4.97. The van der Waals surface area contributed by atoms with Gasteiger partial charge in [-0.25, -0.2) is 4.79 Å². The first-order valence-electron chi connectivity index (χ1n) is 5.98. The van der Waals surface area contributed by atoms with E-state index < -0.39 is 0 Å². The minimum Gasteiger partial charge on any atom is -0.374 e. The van der Waals surface area contributed by atoms with Crippen LogP contribution >= 0.6 is 0 Å². The highest BCUT2D eigenvalue weighted by Gasteiger charge is 2.04. The summed E-state index contributed by atoms with van der Waals surface area (Å²) < 4.78 is 5.51. The molecular formula is C13H20N2O2. The lowest BCUT2D eigenvalue weighted by atomic mass is 10.2. The molecule has 0 aliphatic carbocycles. The monoisotopic (exact) mass is 236 g/mol. The average molecular weight is 236 g/mol. The van der Waals surface area contributed by atoms with Crippen LogP contribution < -0.4 is 5.69 Å². The number of para-hydroxylation sites is 1. The zero-order valence-corrected chi connectivity index (χ0v) is 10.8. The molecule has 0 amide bonds. The lowest BCUT2D eigenvalue weighted by molar-refractivity contribution is 0.0663. The Labute approximate surface area is 101 Å². The van der Waals surface area contributed by atoms with Crippen LogP contribution in [0.1, 0.15) is 33.3 Å². The molecular weight excluding hydrogens is 216 g/mol. The van der Waals surface area contributed by atoms with E-state index in [0.717, 1.165) is 16.6 Å². The lowest BCUT2D eigenvalue weighted by Gasteiger charge is -2.07. The number of aromatic amines is 2. The van der Waals surface area contributed by atoms with Crippen molar-refractivity contribution in [2.24, 2.45) is 0 Å².